The van der Waals surface area contributed by atoms with Crippen LogP contribution in [0.1, 0.15) is 74.9 Å². The van der Waals surface area contributed by atoms with E-state index in [-0.39, 0.29) is 29.8 Å². The molecule has 2 aromatic carbocycles. The van der Waals surface area contributed by atoms with Gasteiger partial charge in [-0.3, -0.25) is 14.4 Å². The number of hydrogen-bond acceptors (Lipinski definition) is 10. The predicted octanol–water partition coefficient (Wildman–Crippen LogP) is 2.07. The van der Waals surface area contributed by atoms with Crippen molar-refractivity contribution in [1.82, 2.24) is 10.6 Å². The van der Waals surface area contributed by atoms with Gasteiger partial charge in [0.25, 0.3) is 0 Å². The van der Waals surface area contributed by atoms with E-state index in [0.717, 1.165) is 0 Å². The molecule has 0 saturated heterocycles. The highest BCUT2D eigenvalue weighted by atomic mass is 16.5. The molecule has 3 atom stereocenters. The van der Waals surface area contributed by atoms with E-state index >= 15 is 0 Å². The molecule has 8 N–H and O–H groups in total. The largest absolute Gasteiger partial charge is 0.507 e. The zero-order valence-corrected chi connectivity index (χ0v) is 26.6. The van der Waals surface area contributed by atoms with Gasteiger partial charge in [-0.25, -0.2) is 4.79 Å². The lowest BCUT2D eigenvalue weighted by atomic mass is 9.68. The number of fused-ring (bicyclic) bond motifs is 1. The van der Waals surface area contributed by atoms with Crippen molar-refractivity contribution in [3.8, 4) is 22.6 Å². The number of hydrogen-bond donors (Lipinski definition) is 8. The number of Topliss-reactive ketones (excluding diaryl/α,β-unsaturated/α-hetero) is 2. The van der Waals surface area contributed by atoms with Crippen LogP contribution in [0.2, 0.25) is 0 Å². The van der Waals surface area contributed by atoms with Crippen LogP contribution in [-0.4, -0.2) is 90.8 Å². The number of aromatic hydroxyl groups is 1. The van der Waals surface area contributed by atoms with Crippen LogP contribution in [0.4, 0.5) is 4.79 Å². The Morgan fingerprint density at radius 3 is 2.37 bits per heavy atom. The molecule has 0 aromatic heterocycles. The van der Waals surface area contributed by atoms with E-state index in [1.54, 1.807) is 24.3 Å². The van der Waals surface area contributed by atoms with Crippen molar-refractivity contribution in [2.75, 3.05) is 19.8 Å². The number of carbonyl (C=O) groups is 4. The molecular formula is C33H44N2O11. The number of rotatable bonds is 14. The second-order valence-electron chi connectivity index (χ2n) is 12.8. The molecule has 0 bridgehead atoms. The summed E-state index contributed by atoms with van der Waals surface area (Å²) in [6.45, 7) is 6.19. The van der Waals surface area contributed by atoms with Crippen LogP contribution >= 0.6 is 0 Å². The highest BCUT2D eigenvalue weighted by Gasteiger charge is 2.49. The number of carbonyl (C=O) groups excluding carboxylic acids is 3. The molecule has 2 amide bonds. The number of carboxylic acids is 1. The molecule has 13 heteroatoms. The van der Waals surface area contributed by atoms with E-state index in [0.29, 0.717) is 29.0 Å². The van der Waals surface area contributed by atoms with Gasteiger partial charge < -0.3 is 46.0 Å². The molecule has 3 rings (SSSR count). The second-order valence-corrected chi connectivity index (χ2v) is 12.8. The van der Waals surface area contributed by atoms with Crippen LogP contribution in [0.3, 0.4) is 0 Å². The standard InChI is InChI=1S/C33H44N2O11/c1-5-46-27-9-6-19(12-20(27)16-34-30(43)35-31(2,3)4)21-7-8-24(38)29-22(21)14-32(44,15-26(29)40)18-33(45,10-11-36)23(17-37)25(39)13-28(41)42/h6-9,12,23,36-38,44-45H,5,10-11,13-18H2,1-4H3,(H,41,42)(H2,34,35,43). The summed E-state index contributed by atoms with van der Waals surface area (Å²) in [5.41, 5.74) is -2.84. The lowest BCUT2D eigenvalue weighted by molar-refractivity contribution is -0.151. The minimum Gasteiger partial charge on any atom is -0.507 e. The van der Waals surface area contributed by atoms with Gasteiger partial charge in [0.15, 0.2) is 11.6 Å². The van der Waals surface area contributed by atoms with Gasteiger partial charge in [0.1, 0.15) is 17.9 Å². The SMILES string of the molecule is CCOc1ccc(-c2ccc(O)c3c2CC(O)(CC(O)(CCO)C(CO)C(=O)CC(=O)O)CC3=O)cc1CNC(=O)NC(C)(C)C. The Kier molecular flexibility index (Phi) is 11.6. The van der Waals surface area contributed by atoms with Gasteiger partial charge >= 0.3 is 12.0 Å². The zero-order valence-electron chi connectivity index (χ0n) is 26.6. The summed E-state index contributed by atoms with van der Waals surface area (Å²) in [6, 6.07) is 7.71. The van der Waals surface area contributed by atoms with Crippen LogP contribution in [0.5, 0.6) is 11.5 Å². The van der Waals surface area contributed by atoms with Crippen LogP contribution in [0.25, 0.3) is 11.1 Å². The first-order valence-corrected chi connectivity index (χ1v) is 15.1. The third kappa shape index (κ3) is 8.81. The van der Waals surface area contributed by atoms with E-state index in [9.17, 15) is 44.7 Å². The Labute approximate surface area is 267 Å². The Balaban J connectivity index is 2.05. The Morgan fingerprint density at radius 1 is 1.09 bits per heavy atom. The van der Waals surface area contributed by atoms with Crippen LogP contribution in [0, 0.1) is 5.92 Å². The molecule has 1 aliphatic carbocycles. The van der Waals surface area contributed by atoms with Crippen LogP contribution in [0.15, 0.2) is 30.3 Å². The molecular weight excluding hydrogens is 600 g/mol. The highest BCUT2D eigenvalue weighted by Crippen LogP contribution is 2.44. The van der Waals surface area contributed by atoms with Crippen molar-refractivity contribution in [2.24, 2.45) is 5.92 Å². The molecule has 46 heavy (non-hydrogen) atoms. The van der Waals surface area contributed by atoms with Crippen LogP contribution < -0.4 is 15.4 Å². The van der Waals surface area contributed by atoms with E-state index < -0.39 is 85.1 Å². The van der Waals surface area contributed by atoms with Gasteiger partial charge in [-0.2, -0.15) is 0 Å². The quantitative estimate of drug-likeness (QED) is 0.139. The lowest BCUT2D eigenvalue weighted by Crippen LogP contribution is -2.53. The summed E-state index contributed by atoms with van der Waals surface area (Å²) in [5, 5.41) is 68.4. The average Bonchev–Trinajstić information content (AvgIpc) is 2.91. The van der Waals surface area contributed by atoms with Gasteiger partial charge in [-0.05, 0) is 62.6 Å². The Morgan fingerprint density at radius 2 is 1.78 bits per heavy atom. The highest BCUT2D eigenvalue weighted by molar-refractivity contribution is 6.03. The number of phenolic OH excluding ortho intramolecular Hbond substituents is 1. The molecule has 2 aromatic rings. The van der Waals surface area contributed by atoms with Crippen LogP contribution in [-0.2, 0) is 22.6 Å². The molecule has 0 fully saturated rings. The summed E-state index contributed by atoms with van der Waals surface area (Å²) in [4.78, 5) is 49.7. The molecule has 0 aliphatic heterocycles. The van der Waals surface area contributed by atoms with Crippen molar-refractivity contribution < 1.29 is 54.6 Å². The Hall–Kier alpha value is -4.04. The summed E-state index contributed by atoms with van der Waals surface area (Å²) in [6.07, 6.45) is -2.97. The summed E-state index contributed by atoms with van der Waals surface area (Å²) < 4.78 is 5.76. The number of benzene rings is 2. The predicted molar refractivity (Wildman–Crippen MR) is 167 cm³/mol. The van der Waals surface area contributed by atoms with Crippen molar-refractivity contribution in [3.63, 3.8) is 0 Å². The average molecular weight is 645 g/mol. The molecule has 0 radical (unpaired) electrons. The number of aliphatic hydroxyl groups excluding tert-OH is 2. The first-order valence-electron chi connectivity index (χ1n) is 15.1. The van der Waals surface area contributed by atoms with Crippen molar-refractivity contribution in [1.29, 1.82) is 0 Å². The fourth-order valence-electron chi connectivity index (χ4n) is 6.04. The number of nitrogens with one attached hydrogen (secondary N) is 2. The number of phenols is 1. The summed E-state index contributed by atoms with van der Waals surface area (Å²) in [7, 11) is 0. The van der Waals surface area contributed by atoms with Gasteiger partial charge in [0, 0.05) is 49.9 Å². The third-order valence-corrected chi connectivity index (χ3v) is 7.89. The molecule has 252 valence electrons. The van der Waals surface area contributed by atoms with Gasteiger partial charge in [-0.1, -0.05) is 12.1 Å². The van der Waals surface area contributed by atoms with E-state index in [4.69, 9.17) is 9.84 Å². The first-order chi connectivity index (χ1) is 21.5. The number of urea groups is 1. The molecule has 0 saturated carbocycles. The monoisotopic (exact) mass is 644 g/mol. The van der Waals surface area contributed by atoms with Crippen molar-refractivity contribution >= 4 is 23.6 Å². The minimum atomic E-state index is -2.26. The number of carboxylic acid groups (broad SMARTS) is 1. The summed E-state index contributed by atoms with van der Waals surface area (Å²) >= 11 is 0. The fraction of sp³-hybridized carbons (Fsp3) is 0.515. The fourth-order valence-corrected chi connectivity index (χ4v) is 6.04. The molecule has 1 aliphatic rings. The molecule has 0 heterocycles. The summed E-state index contributed by atoms with van der Waals surface area (Å²) in [5.74, 6) is -4.57. The van der Waals surface area contributed by atoms with Gasteiger partial charge in [-0.15, -0.1) is 0 Å². The van der Waals surface area contributed by atoms with Crippen molar-refractivity contribution in [3.05, 3.63) is 47.0 Å². The molecule has 0 spiro atoms. The maximum absolute atomic E-state index is 13.4. The molecule has 13 nitrogen and oxygen atoms in total. The van der Waals surface area contributed by atoms with E-state index in [2.05, 4.69) is 10.6 Å². The van der Waals surface area contributed by atoms with Gasteiger partial charge in [0.2, 0.25) is 0 Å². The number of ketones is 2. The minimum absolute atomic E-state index is 0.0216. The number of ether oxygens (including phenoxy) is 1. The number of aliphatic hydroxyl groups is 4. The lowest BCUT2D eigenvalue weighted by Gasteiger charge is -2.42. The Bertz CT molecular complexity index is 1470. The maximum Gasteiger partial charge on any atom is 0.315 e. The maximum atomic E-state index is 13.4. The second kappa shape index (κ2) is 14.6. The van der Waals surface area contributed by atoms with Crippen molar-refractivity contribution in [2.45, 2.75) is 83.1 Å². The smallest absolute Gasteiger partial charge is 0.315 e. The zero-order chi connectivity index (χ0) is 34.4. The normalized spacial score (nSPS) is 18.2. The van der Waals surface area contributed by atoms with E-state index in [1.165, 1.54) is 6.07 Å². The number of amides is 2. The third-order valence-electron chi connectivity index (χ3n) is 7.89. The molecule has 3 unspecified atom stereocenters. The topological polar surface area (TPSA) is 223 Å². The first kappa shape index (κ1) is 36.4. The number of aliphatic carboxylic acids is 1. The van der Waals surface area contributed by atoms with E-state index in [1.807, 2.05) is 27.7 Å². The van der Waals surface area contributed by atoms with Gasteiger partial charge in [0.05, 0.1) is 35.9 Å².